The molecule has 3 aromatic rings. The molecule has 1 saturated heterocycles. The lowest BCUT2D eigenvalue weighted by molar-refractivity contribution is -0.0292. The summed E-state index contributed by atoms with van der Waals surface area (Å²) in [4.78, 5) is 2.42. The number of nitrogens with zero attached hydrogens (tertiary/aromatic N) is 2. The Hall–Kier alpha value is -2.34. The Balaban J connectivity index is 1.54. The van der Waals surface area contributed by atoms with Gasteiger partial charge in [-0.15, -0.1) is 0 Å². The number of benzene rings is 2. The Bertz CT molecular complexity index is 987. The minimum Gasteiger partial charge on any atom is -0.496 e. The maximum Gasteiger partial charge on any atom is 0.124 e. The third-order valence-corrected chi connectivity index (χ3v) is 6.36. The Morgan fingerprint density at radius 1 is 1.03 bits per heavy atom. The van der Waals surface area contributed by atoms with Crippen LogP contribution < -0.4 is 4.74 Å². The second-order valence-electron chi connectivity index (χ2n) is 7.96. The Kier molecular flexibility index (Phi) is 5.63. The first kappa shape index (κ1) is 20.0. The highest BCUT2D eigenvalue weighted by Gasteiger charge is 2.36. The molecule has 2 aromatic carbocycles. The predicted octanol–water partition coefficient (Wildman–Crippen LogP) is 3.43. The summed E-state index contributed by atoms with van der Waals surface area (Å²) in [5.74, 6) is 0.756. The molecule has 0 bridgehead atoms. The fourth-order valence-corrected chi connectivity index (χ4v) is 4.69. The van der Waals surface area contributed by atoms with E-state index in [0.717, 1.165) is 30.9 Å². The van der Waals surface area contributed by atoms with Crippen LogP contribution in [0.3, 0.4) is 0 Å². The van der Waals surface area contributed by atoms with Gasteiger partial charge in [0.15, 0.2) is 0 Å². The topological polar surface area (TPSA) is 57.9 Å². The highest BCUT2D eigenvalue weighted by molar-refractivity contribution is 5.85. The zero-order valence-corrected chi connectivity index (χ0v) is 17.3. The molecule has 154 valence electrons. The van der Waals surface area contributed by atoms with Gasteiger partial charge in [0.05, 0.1) is 19.3 Å². The van der Waals surface area contributed by atoms with E-state index >= 15 is 0 Å². The number of piperidine rings is 1. The lowest BCUT2D eigenvalue weighted by atomic mass is 9.83. The van der Waals surface area contributed by atoms with Crippen LogP contribution in [0.15, 0.2) is 48.5 Å². The first-order valence-electron chi connectivity index (χ1n) is 10.3. The van der Waals surface area contributed by atoms with Gasteiger partial charge in [-0.2, -0.15) is 0 Å². The molecule has 1 aromatic heterocycles. The first-order chi connectivity index (χ1) is 14.1. The molecule has 2 N–H and O–H groups in total. The van der Waals surface area contributed by atoms with Crippen LogP contribution in [0.2, 0.25) is 0 Å². The third kappa shape index (κ3) is 3.66. The van der Waals surface area contributed by atoms with Gasteiger partial charge in [-0.05, 0) is 37.5 Å². The molecule has 0 amide bonds. The Morgan fingerprint density at radius 3 is 2.45 bits per heavy atom. The molecule has 1 aliphatic heterocycles. The largest absolute Gasteiger partial charge is 0.496 e. The third-order valence-electron chi connectivity index (χ3n) is 6.36. The molecule has 0 spiro atoms. The zero-order valence-electron chi connectivity index (χ0n) is 17.3. The Morgan fingerprint density at radius 2 is 1.72 bits per heavy atom. The number of methoxy groups -OCH3 is 1. The number of rotatable bonds is 6. The van der Waals surface area contributed by atoms with Crippen molar-refractivity contribution >= 4 is 10.9 Å². The van der Waals surface area contributed by atoms with Crippen molar-refractivity contribution in [3.63, 3.8) is 0 Å². The summed E-state index contributed by atoms with van der Waals surface area (Å²) in [6, 6.07) is 16.2. The quantitative estimate of drug-likeness (QED) is 0.673. The number of aliphatic hydroxyl groups excluding tert-OH is 1. The van der Waals surface area contributed by atoms with Gasteiger partial charge in [-0.3, -0.25) is 4.90 Å². The molecule has 0 aliphatic carbocycles. The number of fused-ring (bicyclic) bond motifs is 1. The number of aliphatic hydroxyl groups is 2. The van der Waals surface area contributed by atoms with Crippen molar-refractivity contribution in [1.29, 1.82) is 0 Å². The normalized spacial score (nSPS) is 17.0. The summed E-state index contributed by atoms with van der Waals surface area (Å²) >= 11 is 0. The standard InChI is InChI=1S/C24H30N2O3/c1-18-20(19-7-3-5-9-22(19)26(18)15-16-27)17-25-13-11-24(28,12-14-25)21-8-4-6-10-23(21)29-2/h3-10,27-28H,11-17H2,1-2H3. The molecule has 1 fully saturated rings. The van der Waals surface area contributed by atoms with Crippen molar-refractivity contribution < 1.29 is 14.9 Å². The summed E-state index contributed by atoms with van der Waals surface area (Å²) in [6.07, 6.45) is 1.36. The van der Waals surface area contributed by atoms with Gasteiger partial charge in [-0.1, -0.05) is 36.4 Å². The summed E-state index contributed by atoms with van der Waals surface area (Å²) < 4.78 is 7.69. The number of hydrogen-bond donors (Lipinski definition) is 2. The number of hydrogen-bond acceptors (Lipinski definition) is 4. The van der Waals surface area contributed by atoms with Crippen molar-refractivity contribution in [3.05, 3.63) is 65.4 Å². The van der Waals surface area contributed by atoms with E-state index in [1.165, 1.54) is 22.2 Å². The highest BCUT2D eigenvalue weighted by atomic mass is 16.5. The molecular formula is C24H30N2O3. The van der Waals surface area contributed by atoms with Crippen molar-refractivity contribution in [2.45, 2.75) is 38.5 Å². The van der Waals surface area contributed by atoms with E-state index in [2.05, 4.69) is 34.6 Å². The van der Waals surface area contributed by atoms with Crippen LogP contribution >= 0.6 is 0 Å². The van der Waals surface area contributed by atoms with Crippen LogP contribution in [0.1, 0.15) is 29.7 Å². The van der Waals surface area contributed by atoms with Gasteiger partial charge in [-0.25, -0.2) is 0 Å². The van der Waals surface area contributed by atoms with Crippen LogP contribution in [-0.4, -0.2) is 46.5 Å². The van der Waals surface area contributed by atoms with E-state index in [1.54, 1.807) is 7.11 Å². The summed E-state index contributed by atoms with van der Waals surface area (Å²) in [5.41, 5.74) is 3.75. The molecule has 5 heteroatoms. The minimum absolute atomic E-state index is 0.134. The predicted molar refractivity (Wildman–Crippen MR) is 115 cm³/mol. The second-order valence-corrected chi connectivity index (χ2v) is 7.96. The molecule has 0 atom stereocenters. The monoisotopic (exact) mass is 394 g/mol. The molecule has 1 aliphatic rings. The van der Waals surface area contributed by atoms with E-state index in [4.69, 9.17) is 4.74 Å². The molecule has 0 unspecified atom stereocenters. The minimum atomic E-state index is -0.844. The number of likely N-dealkylation sites (tertiary alicyclic amines) is 1. The van der Waals surface area contributed by atoms with E-state index in [9.17, 15) is 10.2 Å². The molecule has 5 nitrogen and oxygen atoms in total. The van der Waals surface area contributed by atoms with Gasteiger partial charge >= 0.3 is 0 Å². The smallest absolute Gasteiger partial charge is 0.124 e. The van der Waals surface area contributed by atoms with E-state index < -0.39 is 5.60 Å². The second kappa shape index (κ2) is 8.19. The van der Waals surface area contributed by atoms with E-state index in [0.29, 0.717) is 19.4 Å². The van der Waals surface area contributed by atoms with Crippen LogP contribution in [0, 0.1) is 6.92 Å². The van der Waals surface area contributed by atoms with Crippen molar-refractivity contribution in [3.8, 4) is 5.75 Å². The maximum atomic E-state index is 11.3. The molecule has 0 saturated carbocycles. The highest BCUT2D eigenvalue weighted by Crippen LogP contribution is 2.38. The summed E-state index contributed by atoms with van der Waals surface area (Å²) in [6.45, 7) is 5.39. The van der Waals surface area contributed by atoms with E-state index in [-0.39, 0.29) is 6.61 Å². The van der Waals surface area contributed by atoms with Crippen LogP contribution in [-0.2, 0) is 18.7 Å². The SMILES string of the molecule is COc1ccccc1C1(O)CCN(Cc2c(C)n(CCO)c3ccccc23)CC1. The lowest BCUT2D eigenvalue weighted by Gasteiger charge is -2.39. The average molecular weight is 395 g/mol. The van der Waals surface area contributed by atoms with Crippen molar-refractivity contribution in [2.75, 3.05) is 26.8 Å². The van der Waals surface area contributed by atoms with Gasteiger partial charge in [0.1, 0.15) is 5.75 Å². The van der Waals surface area contributed by atoms with Crippen molar-refractivity contribution in [2.24, 2.45) is 0 Å². The summed E-state index contributed by atoms with van der Waals surface area (Å²) in [7, 11) is 1.66. The van der Waals surface area contributed by atoms with Crippen LogP contribution in [0.4, 0.5) is 0 Å². The fraction of sp³-hybridized carbons (Fsp3) is 0.417. The molecule has 4 rings (SSSR count). The first-order valence-corrected chi connectivity index (χ1v) is 10.3. The molecule has 2 heterocycles. The van der Waals surface area contributed by atoms with Crippen molar-refractivity contribution in [1.82, 2.24) is 9.47 Å². The number of aromatic nitrogens is 1. The fourth-order valence-electron chi connectivity index (χ4n) is 4.69. The zero-order chi connectivity index (χ0) is 20.4. The van der Waals surface area contributed by atoms with Gasteiger partial charge in [0.2, 0.25) is 0 Å². The average Bonchev–Trinajstić information content (AvgIpc) is 3.01. The Labute approximate surface area is 172 Å². The molecular weight excluding hydrogens is 364 g/mol. The van der Waals surface area contributed by atoms with Crippen LogP contribution in [0.5, 0.6) is 5.75 Å². The van der Waals surface area contributed by atoms with Gasteiger partial charge in [0.25, 0.3) is 0 Å². The summed E-state index contributed by atoms with van der Waals surface area (Å²) in [5, 5.41) is 22.0. The maximum absolute atomic E-state index is 11.3. The lowest BCUT2D eigenvalue weighted by Crippen LogP contribution is -2.42. The molecule has 0 radical (unpaired) electrons. The van der Waals surface area contributed by atoms with E-state index in [1.807, 2.05) is 30.3 Å². The number of ether oxygens (including phenoxy) is 1. The molecule has 29 heavy (non-hydrogen) atoms. The van der Waals surface area contributed by atoms with Crippen LogP contribution in [0.25, 0.3) is 10.9 Å². The van der Waals surface area contributed by atoms with Gasteiger partial charge < -0.3 is 19.5 Å². The number of para-hydroxylation sites is 2. The van der Waals surface area contributed by atoms with Gasteiger partial charge in [0, 0.05) is 48.3 Å².